The van der Waals surface area contributed by atoms with Gasteiger partial charge in [-0.15, -0.1) is 0 Å². The lowest BCUT2D eigenvalue weighted by atomic mass is 9.87. The first-order valence-corrected chi connectivity index (χ1v) is 8.41. The molecule has 1 atom stereocenters. The van der Waals surface area contributed by atoms with Crippen LogP contribution < -0.4 is 5.32 Å². The molecule has 0 radical (unpaired) electrons. The molecule has 4 rings (SSSR count). The monoisotopic (exact) mass is 333 g/mol. The van der Waals surface area contributed by atoms with E-state index >= 15 is 0 Å². The van der Waals surface area contributed by atoms with Crippen molar-refractivity contribution in [2.24, 2.45) is 0 Å². The van der Waals surface area contributed by atoms with Crippen LogP contribution in [0.5, 0.6) is 5.75 Å². The molecule has 5 heteroatoms. The quantitative estimate of drug-likeness (QED) is 0.769. The van der Waals surface area contributed by atoms with Gasteiger partial charge in [-0.05, 0) is 41.8 Å². The summed E-state index contributed by atoms with van der Waals surface area (Å²) in [6.45, 7) is 2.11. The molecule has 1 unspecified atom stereocenters. The molecule has 2 heterocycles. The maximum absolute atomic E-state index is 12.3. The first kappa shape index (κ1) is 15.4. The lowest BCUT2D eigenvalue weighted by Gasteiger charge is -2.24. The molecule has 0 fully saturated rings. The van der Waals surface area contributed by atoms with Gasteiger partial charge in [0, 0.05) is 17.9 Å². The number of phenolic OH excluding ortho intramolecular Hbond substituents is 1. The van der Waals surface area contributed by atoms with E-state index in [2.05, 4.69) is 29.5 Å². The molecule has 5 nitrogen and oxygen atoms in total. The number of nitrogens with zero attached hydrogens (tertiary/aromatic N) is 2. The predicted molar refractivity (Wildman–Crippen MR) is 96.1 cm³/mol. The van der Waals surface area contributed by atoms with Gasteiger partial charge < -0.3 is 10.4 Å². The first-order chi connectivity index (χ1) is 12.2. The number of fused-ring (bicyclic) bond motifs is 1. The SMILES string of the molecule is CCc1cccc(-n2ncc3c2NC(=O)CC3c2cccc(O)c2)c1. The summed E-state index contributed by atoms with van der Waals surface area (Å²) in [6.07, 6.45) is 3.09. The van der Waals surface area contributed by atoms with E-state index in [1.165, 1.54) is 5.56 Å². The van der Waals surface area contributed by atoms with Crippen molar-refractivity contribution >= 4 is 11.7 Å². The van der Waals surface area contributed by atoms with Crippen LogP contribution in [0.1, 0.15) is 36.0 Å². The zero-order valence-electron chi connectivity index (χ0n) is 13.9. The number of hydrogen-bond acceptors (Lipinski definition) is 3. The molecular weight excluding hydrogens is 314 g/mol. The number of amides is 1. The van der Waals surface area contributed by atoms with E-state index in [4.69, 9.17) is 0 Å². The highest BCUT2D eigenvalue weighted by atomic mass is 16.3. The molecule has 1 aliphatic rings. The molecule has 0 bridgehead atoms. The normalized spacial score (nSPS) is 16.4. The highest BCUT2D eigenvalue weighted by Gasteiger charge is 2.30. The van der Waals surface area contributed by atoms with Gasteiger partial charge in [0.1, 0.15) is 11.6 Å². The maximum atomic E-state index is 12.3. The lowest BCUT2D eigenvalue weighted by Crippen LogP contribution is -2.24. The number of nitrogens with one attached hydrogen (secondary N) is 1. The molecule has 0 aliphatic carbocycles. The van der Waals surface area contributed by atoms with Gasteiger partial charge in [0.25, 0.3) is 0 Å². The van der Waals surface area contributed by atoms with Crippen LogP contribution in [0.15, 0.2) is 54.7 Å². The van der Waals surface area contributed by atoms with Crippen LogP contribution in [0.3, 0.4) is 0 Å². The average Bonchev–Trinajstić information content (AvgIpc) is 3.04. The molecule has 1 amide bonds. The Labute approximate surface area is 145 Å². The van der Waals surface area contributed by atoms with Gasteiger partial charge in [-0.3, -0.25) is 4.79 Å². The predicted octanol–water partition coefficient (Wildman–Crippen LogP) is 3.61. The Kier molecular flexibility index (Phi) is 3.76. The van der Waals surface area contributed by atoms with Crippen LogP contribution in [0.25, 0.3) is 5.69 Å². The molecule has 3 aromatic rings. The Morgan fingerprint density at radius 2 is 2.08 bits per heavy atom. The van der Waals surface area contributed by atoms with Gasteiger partial charge >= 0.3 is 0 Å². The molecular formula is C20H19N3O2. The van der Waals surface area contributed by atoms with Gasteiger partial charge in [-0.2, -0.15) is 5.10 Å². The van der Waals surface area contributed by atoms with E-state index in [9.17, 15) is 9.90 Å². The van der Waals surface area contributed by atoms with E-state index in [1.807, 2.05) is 24.4 Å². The minimum absolute atomic E-state index is 0.0470. The fourth-order valence-corrected chi connectivity index (χ4v) is 3.36. The fraction of sp³-hybridized carbons (Fsp3) is 0.200. The Hall–Kier alpha value is -3.08. The largest absolute Gasteiger partial charge is 0.508 e. The topological polar surface area (TPSA) is 67.2 Å². The van der Waals surface area contributed by atoms with E-state index < -0.39 is 0 Å². The van der Waals surface area contributed by atoms with Crippen molar-refractivity contribution in [1.29, 1.82) is 0 Å². The second-order valence-electron chi connectivity index (χ2n) is 6.28. The minimum atomic E-state index is -0.112. The number of anilines is 1. The molecule has 1 aromatic heterocycles. The number of carbonyl (C=O) groups excluding carboxylic acids is 1. The lowest BCUT2D eigenvalue weighted by molar-refractivity contribution is -0.116. The number of aryl methyl sites for hydroxylation is 1. The summed E-state index contributed by atoms with van der Waals surface area (Å²) in [6, 6.07) is 15.2. The smallest absolute Gasteiger partial charge is 0.226 e. The van der Waals surface area contributed by atoms with E-state index in [0.29, 0.717) is 12.2 Å². The molecule has 2 aromatic carbocycles. The second-order valence-corrected chi connectivity index (χ2v) is 6.28. The fourth-order valence-electron chi connectivity index (χ4n) is 3.36. The van der Waals surface area contributed by atoms with Crippen molar-refractivity contribution in [2.75, 3.05) is 5.32 Å². The number of carbonyl (C=O) groups is 1. The van der Waals surface area contributed by atoms with Gasteiger partial charge in [0.05, 0.1) is 11.9 Å². The van der Waals surface area contributed by atoms with Crippen LogP contribution in [0.2, 0.25) is 0 Å². The zero-order chi connectivity index (χ0) is 17.4. The molecule has 0 spiro atoms. The molecule has 1 aliphatic heterocycles. The van der Waals surface area contributed by atoms with Crippen LogP contribution in [0, 0.1) is 0 Å². The van der Waals surface area contributed by atoms with Crippen molar-refractivity contribution in [3.05, 3.63) is 71.4 Å². The van der Waals surface area contributed by atoms with Crippen molar-refractivity contribution in [1.82, 2.24) is 9.78 Å². The van der Waals surface area contributed by atoms with E-state index in [1.54, 1.807) is 22.9 Å². The summed E-state index contributed by atoms with van der Waals surface area (Å²) < 4.78 is 1.78. The van der Waals surface area contributed by atoms with Crippen LogP contribution in [-0.4, -0.2) is 20.8 Å². The summed E-state index contributed by atoms with van der Waals surface area (Å²) in [7, 11) is 0. The minimum Gasteiger partial charge on any atom is -0.508 e. The van der Waals surface area contributed by atoms with Crippen LogP contribution in [-0.2, 0) is 11.2 Å². The Balaban J connectivity index is 1.81. The Morgan fingerprint density at radius 1 is 1.24 bits per heavy atom. The molecule has 0 saturated heterocycles. The number of phenols is 1. The third kappa shape index (κ3) is 2.78. The number of aromatic nitrogens is 2. The second kappa shape index (κ2) is 6.09. The Bertz CT molecular complexity index is 946. The molecule has 0 saturated carbocycles. The van der Waals surface area contributed by atoms with Crippen molar-refractivity contribution < 1.29 is 9.90 Å². The molecule has 126 valence electrons. The molecule has 25 heavy (non-hydrogen) atoms. The number of rotatable bonds is 3. The van der Waals surface area contributed by atoms with Crippen LogP contribution >= 0.6 is 0 Å². The number of benzene rings is 2. The summed E-state index contributed by atoms with van der Waals surface area (Å²) in [5, 5.41) is 17.3. The third-order valence-electron chi connectivity index (χ3n) is 4.66. The summed E-state index contributed by atoms with van der Waals surface area (Å²) in [5.74, 6) is 0.749. The third-order valence-corrected chi connectivity index (χ3v) is 4.66. The van der Waals surface area contributed by atoms with E-state index in [0.717, 1.165) is 23.2 Å². The van der Waals surface area contributed by atoms with Gasteiger partial charge in [0.2, 0.25) is 5.91 Å². The zero-order valence-corrected chi connectivity index (χ0v) is 13.9. The van der Waals surface area contributed by atoms with Crippen molar-refractivity contribution in [3.63, 3.8) is 0 Å². The summed E-state index contributed by atoms with van der Waals surface area (Å²) in [5.41, 5.74) is 4.02. The standard InChI is InChI=1S/C20H19N3O2/c1-2-13-5-3-7-15(9-13)23-20-18(12-21-23)17(11-19(25)22-20)14-6-4-8-16(24)10-14/h3-10,12,17,24H,2,11H2,1H3,(H,22,25). The number of aromatic hydroxyl groups is 1. The summed E-state index contributed by atoms with van der Waals surface area (Å²) >= 11 is 0. The van der Waals surface area contributed by atoms with E-state index in [-0.39, 0.29) is 17.6 Å². The maximum Gasteiger partial charge on any atom is 0.226 e. The first-order valence-electron chi connectivity index (χ1n) is 8.41. The number of hydrogen-bond donors (Lipinski definition) is 2. The van der Waals surface area contributed by atoms with Gasteiger partial charge in [-0.1, -0.05) is 31.2 Å². The van der Waals surface area contributed by atoms with Gasteiger partial charge in [0.15, 0.2) is 0 Å². The van der Waals surface area contributed by atoms with Crippen molar-refractivity contribution in [2.45, 2.75) is 25.7 Å². The highest BCUT2D eigenvalue weighted by molar-refractivity contribution is 5.94. The average molecular weight is 333 g/mol. The van der Waals surface area contributed by atoms with Gasteiger partial charge in [-0.25, -0.2) is 4.68 Å². The van der Waals surface area contributed by atoms with Crippen LogP contribution in [0.4, 0.5) is 5.82 Å². The molecule has 2 N–H and O–H groups in total. The summed E-state index contributed by atoms with van der Waals surface area (Å²) in [4.78, 5) is 12.3. The highest BCUT2D eigenvalue weighted by Crippen LogP contribution is 2.38. The Morgan fingerprint density at radius 3 is 2.88 bits per heavy atom. The van der Waals surface area contributed by atoms with Crippen molar-refractivity contribution in [3.8, 4) is 11.4 Å².